The predicted molar refractivity (Wildman–Crippen MR) is 137 cm³/mol. The van der Waals surface area contributed by atoms with E-state index in [0.29, 0.717) is 70.8 Å². The van der Waals surface area contributed by atoms with Gasteiger partial charge in [0.2, 0.25) is 11.8 Å². The van der Waals surface area contributed by atoms with Crippen molar-refractivity contribution in [2.45, 2.75) is 51.1 Å². The van der Waals surface area contributed by atoms with Crippen LogP contribution < -0.4 is 20.7 Å². The smallest absolute Gasteiger partial charge is 0.409 e. The minimum atomic E-state index is -0.981. The van der Waals surface area contributed by atoms with Crippen LogP contribution in [0.3, 0.4) is 0 Å². The lowest BCUT2D eigenvalue weighted by molar-refractivity contribution is -0.134. The van der Waals surface area contributed by atoms with E-state index >= 15 is 0 Å². The first kappa shape index (κ1) is 27.0. The predicted octanol–water partition coefficient (Wildman–Crippen LogP) is 2.84. The maximum Gasteiger partial charge on any atom is 0.409 e. The number of piperidine rings is 2. The number of hydrogen-bond acceptors (Lipinski definition) is 6. The summed E-state index contributed by atoms with van der Waals surface area (Å²) in [7, 11) is 0. The van der Waals surface area contributed by atoms with Crippen LogP contribution in [0, 0.1) is 0 Å². The van der Waals surface area contributed by atoms with Crippen molar-refractivity contribution < 1.29 is 23.9 Å². The number of benzene rings is 1. The van der Waals surface area contributed by atoms with Gasteiger partial charge in [-0.15, -0.1) is 0 Å². The van der Waals surface area contributed by atoms with Crippen molar-refractivity contribution in [2.24, 2.45) is 0 Å². The van der Waals surface area contributed by atoms with Crippen molar-refractivity contribution >= 4 is 39.9 Å². The van der Waals surface area contributed by atoms with E-state index in [1.165, 1.54) is 6.08 Å². The average molecular weight is 551 g/mol. The summed E-state index contributed by atoms with van der Waals surface area (Å²) in [6.45, 7) is 6.88. The van der Waals surface area contributed by atoms with E-state index in [9.17, 15) is 14.4 Å². The molecular weight excluding hydrogens is 516 g/mol. The molecule has 0 aliphatic carbocycles. The topological polar surface area (TPSA) is 109 Å². The van der Waals surface area contributed by atoms with E-state index in [2.05, 4.69) is 31.9 Å². The van der Waals surface area contributed by atoms with Crippen LogP contribution in [0.2, 0.25) is 0 Å². The Bertz CT molecular complexity index is 924. The molecule has 9 nitrogen and oxygen atoms in total. The van der Waals surface area contributed by atoms with Gasteiger partial charge in [0.05, 0.1) is 13.2 Å². The van der Waals surface area contributed by atoms with Gasteiger partial charge in [-0.25, -0.2) is 4.79 Å². The summed E-state index contributed by atoms with van der Waals surface area (Å²) < 4.78 is 11.6. The Kier molecular flexibility index (Phi) is 9.97. The molecule has 2 heterocycles. The molecular formula is C25H35BrN4O5. The van der Waals surface area contributed by atoms with Gasteiger partial charge >= 0.3 is 6.09 Å². The number of halogens is 1. The number of ether oxygens (including phenoxy) is 2. The maximum atomic E-state index is 13.4. The summed E-state index contributed by atoms with van der Waals surface area (Å²) in [5, 5.41) is 9.37. The van der Waals surface area contributed by atoms with Crippen LogP contribution >= 0.6 is 15.9 Å². The van der Waals surface area contributed by atoms with Gasteiger partial charge in [0.15, 0.2) is 0 Å². The SMILES string of the molecule is CCOC(=O)N1CCC(NC(=O)C2(NC(=O)/C=C/c3cc(Br)ccc3OCC)CCNCC2)CC1. The van der Waals surface area contributed by atoms with E-state index in [-0.39, 0.29) is 23.9 Å². The normalized spacial score (nSPS) is 18.2. The van der Waals surface area contributed by atoms with E-state index in [0.717, 1.165) is 10.0 Å². The second kappa shape index (κ2) is 12.9. The molecule has 0 radical (unpaired) electrons. The molecule has 1 aromatic carbocycles. The Labute approximate surface area is 215 Å². The Morgan fingerprint density at radius 3 is 2.54 bits per heavy atom. The molecule has 2 saturated heterocycles. The quantitative estimate of drug-likeness (QED) is 0.429. The highest BCUT2D eigenvalue weighted by molar-refractivity contribution is 9.10. The molecule has 2 fully saturated rings. The lowest BCUT2D eigenvalue weighted by Crippen LogP contribution is -2.64. The zero-order chi connectivity index (χ0) is 25.3. The zero-order valence-electron chi connectivity index (χ0n) is 20.4. The molecule has 192 valence electrons. The van der Waals surface area contributed by atoms with E-state index < -0.39 is 5.54 Å². The van der Waals surface area contributed by atoms with Gasteiger partial charge in [0, 0.05) is 35.2 Å². The number of carbonyl (C=O) groups is 3. The number of nitrogens with zero attached hydrogens (tertiary/aromatic N) is 1. The van der Waals surface area contributed by atoms with Crippen LogP contribution in [-0.2, 0) is 14.3 Å². The number of amides is 3. The fourth-order valence-electron chi connectivity index (χ4n) is 4.39. The van der Waals surface area contributed by atoms with Gasteiger partial charge in [0.1, 0.15) is 11.3 Å². The van der Waals surface area contributed by atoms with Crippen molar-refractivity contribution in [1.29, 1.82) is 0 Å². The van der Waals surface area contributed by atoms with Gasteiger partial charge in [-0.1, -0.05) is 15.9 Å². The van der Waals surface area contributed by atoms with Crippen LogP contribution in [0.4, 0.5) is 4.79 Å². The van der Waals surface area contributed by atoms with Crippen LogP contribution in [0.1, 0.15) is 45.1 Å². The van der Waals surface area contributed by atoms with Crippen molar-refractivity contribution in [3.05, 3.63) is 34.3 Å². The van der Waals surface area contributed by atoms with Crippen molar-refractivity contribution in [1.82, 2.24) is 20.9 Å². The largest absolute Gasteiger partial charge is 0.493 e. The van der Waals surface area contributed by atoms with E-state index in [4.69, 9.17) is 9.47 Å². The molecule has 0 atom stereocenters. The maximum absolute atomic E-state index is 13.4. The molecule has 2 aliphatic rings. The third kappa shape index (κ3) is 7.44. The fourth-order valence-corrected chi connectivity index (χ4v) is 4.77. The Morgan fingerprint density at radius 1 is 1.17 bits per heavy atom. The molecule has 0 bridgehead atoms. The Balaban J connectivity index is 1.63. The average Bonchev–Trinajstić information content (AvgIpc) is 2.85. The molecule has 2 aliphatic heterocycles. The van der Waals surface area contributed by atoms with Crippen LogP contribution in [0.25, 0.3) is 6.08 Å². The first-order valence-electron chi connectivity index (χ1n) is 12.2. The third-order valence-electron chi connectivity index (χ3n) is 6.30. The molecule has 0 aromatic heterocycles. The molecule has 0 spiro atoms. The highest BCUT2D eigenvalue weighted by Crippen LogP contribution is 2.25. The van der Waals surface area contributed by atoms with Gasteiger partial charge in [0.25, 0.3) is 0 Å². The van der Waals surface area contributed by atoms with Gasteiger partial charge in [-0.05, 0) is 76.9 Å². The standard InChI is InChI=1S/C25H35BrN4O5/c1-3-34-21-7-6-19(26)17-18(21)5-8-22(31)29-25(11-13-27-14-12-25)23(32)28-20-9-15-30(16-10-20)24(33)35-4-2/h5-8,17,20,27H,3-4,9-16H2,1-2H3,(H,28,32)(H,29,31)/b8-5+. The highest BCUT2D eigenvalue weighted by Gasteiger charge is 2.41. The van der Waals surface area contributed by atoms with Crippen LogP contribution in [0.5, 0.6) is 5.75 Å². The summed E-state index contributed by atoms with van der Waals surface area (Å²) in [5.41, 5.74) is -0.209. The number of rotatable bonds is 8. The van der Waals surface area contributed by atoms with Crippen molar-refractivity contribution in [2.75, 3.05) is 39.4 Å². The van der Waals surface area contributed by atoms with Gasteiger partial charge < -0.3 is 30.3 Å². The lowest BCUT2D eigenvalue weighted by atomic mass is 9.86. The zero-order valence-corrected chi connectivity index (χ0v) is 22.0. The van der Waals surface area contributed by atoms with Crippen molar-refractivity contribution in [3.63, 3.8) is 0 Å². The Hall–Kier alpha value is -2.59. The number of likely N-dealkylation sites (tertiary alicyclic amines) is 1. The minimum absolute atomic E-state index is 0.0530. The van der Waals surface area contributed by atoms with Gasteiger partial charge in [-0.2, -0.15) is 0 Å². The van der Waals surface area contributed by atoms with E-state index in [1.54, 1.807) is 17.9 Å². The summed E-state index contributed by atoms with van der Waals surface area (Å²) in [5.74, 6) is 0.178. The molecule has 0 unspecified atom stereocenters. The summed E-state index contributed by atoms with van der Waals surface area (Å²) >= 11 is 3.45. The van der Waals surface area contributed by atoms with Crippen molar-refractivity contribution in [3.8, 4) is 5.75 Å². The second-order valence-electron chi connectivity index (χ2n) is 8.70. The monoisotopic (exact) mass is 550 g/mol. The summed E-state index contributed by atoms with van der Waals surface area (Å²) in [6, 6.07) is 5.56. The lowest BCUT2D eigenvalue weighted by Gasteiger charge is -2.39. The molecule has 1 aromatic rings. The Morgan fingerprint density at radius 2 is 1.89 bits per heavy atom. The first-order chi connectivity index (χ1) is 16.9. The second-order valence-corrected chi connectivity index (χ2v) is 9.62. The van der Waals surface area contributed by atoms with Crippen LogP contribution in [-0.4, -0.2) is 73.8 Å². The summed E-state index contributed by atoms with van der Waals surface area (Å²) in [6.07, 6.45) is 5.12. The molecule has 35 heavy (non-hydrogen) atoms. The van der Waals surface area contributed by atoms with Gasteiger partial charge in [-0.3, -0.25) is 9.59 Å². The third-order valence-corrected chi connectivity index (χ3v) is 6.79. The molecule has 0 saturated carbocycles. The first-order valence-corrected chi connectivity index (χ1v) is 13.0. The minimum Gasteiger partial charge on any atom is -0.493 e. The molecule has 3 N–H and O–H groups in total. The number of nitrogens with one attached hydrogen (secondary N) is 3. The molecule has 3 amide bonds. The summed E-state index contributed by atoms with van der Waals surface area (Å²) in [4.78, 5) is 39.9. The highest BCUT2D eigenvalue weighted by atomic mass is 79.9. The number of hydrogen-bond donors (Lipinski definition) is 3. The fraction of sp³-hybridized carbons (Fsp3) is 0.560. The molecule has 3 rings (SSSR count). The van der Waals surface area contributed by atoms with Crippen LogP contribution in [0.15, 0.2) is 28.7 Å². The number of carbonyl (C=O) groups excluding carboxylic acids is 3. The molecule has 10 heteroatoms. The van der Waals surface area contributed by atoms with E-state index in [1.807, 2.05) is 25.1 Å².